The number of rotatable bonds is 5. The minimum Gasteiger partial charge on any atom is -0.297 e. The van der Waals surface area contributed by atoms with Crippen molar-refractivity contribution >= 4 is 34.4 Å². The van der Waals surface area contributed by atoms with Gasteiger partial charge in [-0.25, -0.2) is 4.90 Å². The quantitative estimate of drug-likeness (QED) is 0.210. The molecule has 5 aromatic carbocycles. The van der Waals surface area contributed by atoms with Gasteiger partial charge >= 0.3 is 0 Å². The van der Waals surface area contributed by atoms with Crippen molar-refractivity contribution in [1.82, 2.24) is 0 Å². The summed E-state index contributed by atoms with van der Waals surface area (Å²) in [5, 5.41) is 0. The van der Waals surface area contributed by atoms with Crippen molar-refractivity contribution in [2.45, 2.75) is 17.8 Å². The van der Waals surface area contributed by atoms with Crippen molar-refractivity contribution in [1.29, 1.82) is 0 Å². The van der Waals surface area contributed by atoms with Gasteiger partial charge in [0.15, 0.2) is 5.78 Å². The Labute approximate surface area is 256 Å². The van der Waals surface area contributed by atoms with E-state index < -0.39 is 22.7 Å². The maximum Gasteiger partial charge on any atom is 0.239 e. The summed E-state index contributed by atoms with van der Waals surface area (Å²) in [4.78, 5) is 47.0. The Balaban J connectivity index is 1.55. The molecule has 2 amide bonds. The average molecular weight is 572 g/mol. The first-order chi connectivity index (χ1) is 21.5. The highest BCUT2D eigenvalue weighted by Crippen LogP contribution is 2.74. The Morgan fingerprint density at radius 3 is 1.23 bits per heavy atom. The number of ketones is 1. The third-order valence-corrected chi connectivity index (χ3v) is 9.87. The number of nitrogens with zero attached hydrogens (tertiary/aromatic N) is 1. The van der Waals surface area contributed by atoms with Crippen molar-refractivity contribution in [3.63, 3.8) is 0 Å². The lowest BCUT2D eigenvalue weighted by Crippen LogP contribution is -2.45. The molecule has 1 aliphatic heterocycles. The number of hydrogen-bond acceptors (Lipinski definition) is 3. The molecule has 8 rings (SSSR count). The largest absolute Gasteiger partial charge is 0.297 e. The molecule has 5 aromatic rings. The lowest BCUT2D eigenvalue weighted by atomic mass is 9.59. The second-order valence-electron chi connectivity index (χ2n) is 12.0. The predicted molar refractivity (Wildman–Crippen MR) is 172 cm³/mol. The highest BCUT2D eigenvalue weighted by molar-refractivity contribution is 6.39. The fraction of sp³-hybridized carbons (Fsp3) is 0.125. The van der Waals surface area contributed by atoms with Crippen molar-refractivity contribution in [3.05, 3.63) is 173 Å². The third kappa shape index (κ3) is 3.20. The molecule has 0 aromatic heterocycles. The number of fused-ring (bicyclic) bond motifs is 5. The molecule has 0 radical (unpaired) electrons. The van der Waals surface area contributed by atoms with Gasteiger partial charge in [-0.1, -0.05) is 139 Å². The zero-order valence-corrected chi connectivity index (χ0v) is 24.2. The standard InChI is InChI=1S/C40H29NO3/c1-26-22-24-31(25-23-26)41-36(42)34-35(37(41)43)40(30-20-12-5-13-21-30)33(28-16-8-3-9-17-28)32(27-14-6-2-7-15-27)39(34,38(40)44)29-18-10-4-11-19-29/h2-25,34-35H,1H3/t34-,35-,39-,40-/m0/s1. The van der Waals surface area contributed by atoms with E-state index in [0.29, 0.717) is 5.69 Å². The van der Waals surface area contributed by atoms with E-state index in [2.05, 4.69) is 0 Å². The van der Waals surface area contributed by atoms with Crippen molar-refractivity contribution in [3.8, 4) is 0 Å². The summed E-state index contributed by atoms with van der Waals surface area (Å²) in [5.41, 5.74) is 3.59. The zero-order valence-electron chi connectivity index (χ0n) is 24.2. The van der Waals surface area contributed by atoms with Crippen LogP contribution in [0.15, 0.2) is 146 Å². The van der Waals surface area contributed by atoms with E-state index in [1.807, 2.05) is 153 Å². The molecule has 44 heavy (non-hydrogen) atoms. The molecule has 3 aliphatic rings. The van der Waals surface area contributed by atoms with E-state index in [1.165, 1.54) is 4.90 Å². The van der Waals surface area contributed by atoms with Gasteiger partial charge in [-0.05, 0) is 52.5 Å². The normalized spacial score (nSPS) is 25.6. The molecular weight excluding hydrogens is 542 g/mol. The molecule has 1 saturated heterocycles. The minimum atomic E-state index is -1.39. The maximum absolute atomic E-state index is 15.8. The Morgan fingerprint density at radius 1 is 0.477 bits per heavy atom. The monoisotopic (exact) mass is 571 g/mol. The first kappa shape index (κ1) is 26.3. The first-order valence-electron chi connectivity index (χ1n) is 15.0. The van der Waals surface area contributed by atoms with Gasteiger partial charge in [-0.15, -0.1) is 0 Å². The molecule has 1 saturated carbocycles. The van der Waals surface area contributed by atoms with Gasteiger partial charge in [-0.3, -0.25) is 14.4 Å². The molecule has 0 spiro atoms. The van der Waals surface area contributed by atoms with E-state index in [0.717, 1.165) is 39.0 Å². The van der Waals surface area contributed by atoms with E-state index in [9.17, 15) is 9.59 Å². The van der Waals surface area contributed by atoms with Crippen LogP contribution >= 0.6 is 0 Å². The van der Waals surface area contributed by atoms with Crippen LogP contribution in [0.25, 0.3) is 11.1 Å². The summed E-state index contributed by atoms with van der Waals surface area (Å²) >= 11 is 0. The fourth-order valence-corrected chi connectivity index (χ4v) is 8.28. The van der Waals surface area contributed by atoms with Crippen LogP contribution in [0.4, 0.5) is 5.69 Å². The van der Waals surface area contributed by atoms with E-state index in [1.54, 1.807) is 0 Å². The summed E-state index contributed by atoms with van der Waals surface area (Å²) in [5.74, 6) is -2.62. The molecule has 212 valence electrons. The molecule has 2 aliphatic carbocycles. The molecule has 4 heteroatoms. The third-order valence-electron chi connectivity index (χ3n) is 9.87. The minimum absolute atomic E-state index is 0.111. The predicted octanol–water partition coefficient (Wildman–Crippen LogP) is 7.18. The highest BCUT2D eigenvalue weighted by Gasteiger charge is 2.82. The number of amides is 2. The van der Waals surface area contributed by atoms with Crippen LogP contribution in [0.3, 0.4) is 0 Å². The Bertz CT molecular complexity index is 1850. The number of anilines is 1. The Kier molecular flexibility index (Phi) is 5.73. The van der Waals surface area contributed by atoms with Crippen LogP contribution in [-0.2, 0) is 25.2 Å². The Hall–Kier alpha value is -5.35. The van der Waals surface area contributed by atoms with Crippen LogP contribution in [0.5, 0.6) is 0 Å². The van der Waals surface area contributed by atoms with E-state index in [-0.39, 0.29) is 17.6 Å². The van der Waals surface area contributed by atoms with E-state index in [4.69, 9.17) is 0 Å². The lowest BCUT2D eigenvalue weighted by molar-refractivity contribution is -0.130. The van der Waals surface area contributed by atoms with Crippen molar-refractivity contribution in [2.75, 3.05) is 4.90 Å². The van der Waals surface area contributed by atoms with Gasteiger partial charge in [0.1, 0.15) is 0 Å². The van der Waals surface area contributed by atoms with Crippen molar-refractivity contribution < 1.29 is 14.4 Å². The number of imide groups is 1. The average Bonchev–Trinajstić information content (AvgIpc) is 3.59. The molecule has 4 nitrogen and oxygen atoms in total. The number of carbonyl (C=O) groups excluding carboxylic acids is 3. The molecule has 0 N–H and O–H groups in total. The van der Waals surface area contributed by atoms with Crippen molar-refractivity contribution in [2.24, 2.45) is 11.8 Å². The number of hydrogen-bond donors (Lipinski definition) is 0. The Morgan fingerprint density at radius 2 is 0.841 bits per heavy atom. The van der Waals surface area contributed by atoms with Gasteiger partial charge in [-0.2, -0.15) is 0 Å². The van der Waals surface area contributed by atoms with Crippen LogP contribution in [-0.4, -0.2) is 17.6 Å². The maximum atomic E-state index is 15.8. The van der Waals surface area contributed by atoms with Gasteiger partial charge in [0.2, 0.25) is 11.8 Å². The zero-order chi connectivity index (χ0) is 30.1. The second-order valence-corrected chi connectivity index (χ2v) is 12.0. The highest BCUT2D eigenvalue weighted by atomic mass is 16.2. The van der Waals surface area contributed by atoms with Gasteiger partial charge in [0.05, 0.1) is 28.4 Å². The van der Waals surface area contributed by atoms with Crippen LogP contribution in [0.2, 0.25) is 0 Å². The SMILES string of the molecule is Cc1ccc(N2C(=O)[C@@H]3[C@@H](C2=O)[C@@]2(c4ccccc4)C(=O)[C@@]3(c3ccccc3)C(c3ccccc3)=C2c2ccccc2)cc1. The molecule has 0 unspecified atom stereocenters. The van der Waals surface area contributed by atoms with Gasteiger partial charge in [0, 0.05) is 0 Å². The number of carbonyl (C=O) groups is 3. The second kappa shape index (κ2) is 9.58. The van der Waals surface area contributed by atoms with Crippen LogP contribution < -0.4 is 4.90 Å². The summed E-state index contributed by atoms with van der Waals surface area (Å²) in [6.07, 6.45) is 0. The topological polar surface area (TPSA) is 54.5 Å². The first-order valence-corrected chi connectivity index (χ1v) is 15.0. The summed E-state index contributed by atoms with van der Waals surface area (Å²) in [6.45, 7) is 1.97. The van der Waals surface area contributed by atoms with Gasteiger partial charge in [0.25, 0.3) is 0 Å². The van der Waals surface area contributed by atoms with Crippen LogP contribution in [0.1, 0.15) is 27.8 Å². The summed E-state index contributed by atoms with van der Waals surface area (Å²) in [7, 11) is 0. The molecule has 2 fully saturated rings. The molecular formula is C40H29NO3. The van der Waals surface area contributed by atoms with Gasteiger partial charge < -0.3 is 0 Å². The number of allylic oxidation sites excluding steroid dienone is 2. The summed E-state index contributed by atoms with van der Waals surface area (Å²) in [6, 6.07) is 46.6. The molecule has 1 heterocycles. The number of benzene rings is 5. The number of Topliss-reactive ketones (excluding diaryl/α,β-unsaturated/α-hetero) is 1. The fourth-order valence-electron chi connectivity index (χ4n) is 8.28. The number of aryl methyl sites for hydroxylation is 1. The molecule has 2 bridgehead atoms. The summed E-state index contributed by atoms with van der Waals surface area (Å²) < 4.78 is 0. The molecule has 4 atom stereocenters. The van der Waals surface area contributed by atoms with E-state index >= 15 is 4.79 Å². The smallest absolute Gasteiger partial charge is 0.239 e. The lowest BCUT2D eigenvalue weighted by Gasteiger charge is -2.39. The van der Waals surface area contributed by atoms with Crippen LogP contribution in [0, 0.1) is 18.8 Å².